The third kappa shape index (κ3) is 5.31. The molecular weight excluding hydrogens is 260 g/mol. The molecule has 1 atom stereocenters. The monoisotopic (exact) mass is 290 g/mol. The Hall–Kier alpha value is -0.280. The lowest BCUT2D eigenvalue weighted by Gasteiger charge is -2.33. The van der Waals surface area contributed by atoms with Gasteiger partial charge in [-0.05, 0) is 37.5 Å². The molecule has 1 unspecified atom stereocenters. The van der Waals surface area contributed by atoms with Gasteiger partial charge in [-0.15, -0.1) is 12.4 Å². The molecule has 3 nitrogen and oxygen atoms in total. The van der Waals surface area contributed by atoms with Crippen LogP contribution >= 0.6 is 12.4 Å². The highest BCUT2D eigenvalue weighted by atomic mass is 35.5. The Morgan fingerprint density at radius 1 is 1.26 bits per heavy atom. The van der Waals surface area contributed by atoms with E-state index >= 15 is 0 Å². The Morgan fingerprint density at radius 3 is 2.26 bits per heavy atom. The van der Waals surface area contributed by atoms with Crippen LogP contribution in [0.15, 0.2) is 0 Å². The molecule has 1 fully saturated rings. The second-order valence-electron chi connectivity index (χ2n) is 6.82. The van der Waals surface area contributed by atoms with Crippen LogP contribution in [0.5, 0.6) is 0 Å². The summed E-state index contributed by atoms with van der Waals surface area (Å²) in [6, 6.07) is 0. The second kappa shape index (κ2) is 7.49. The van der Waals surface area contributed by atoms with Gasteiger partial charge in [0.05, 0.1) is 5.54 Å². The first-order valence-corrected chi connectivity index (χ1v) is 7.37. The predicted molar refractivity (Wildman–Crippen MR) is 83.5 cm³/mol. The molecule has 0 aromatic heterocycles. The second-order valence-corrected chi connectivity index (χ2v) is 6.82. The van der Waals surface area contributed by atoms with Crippen molar-refractivity contribution < 1.29 is 4.79 Å². The van der Waals surface area contributed by atoms with Crippen molar-refractivity contribution in [1.82, 2.24) is 5.32 Å². The molecule has 0 spiro atoms. The van der Waals surface area contributed by atoms with Crippen molar-refractivity contribution in [2.75, 3.05) is 6.54 Å². The van der Waals surface area contributed by atoms with Crippen LogP contribution in [0.1, 0.15) is 66.2 Å². The average Bonchev–Trinajstić information content (AvgIpc) is 2.79. The molecule has 3 N–H and O–H groups in total. The lowest BCUT2D eigenvalue weighted by atomic mass is 9.77. The summed E-state index contributed by atoms with van der Waals surface area (Å²) in [6.07, 6.45) is 6.96. The van der Waals surface area contributed by atoms with Crippen LogP contribution in [0.4, 0.5) is 0 Å². The number of carbonyl (C=O) groups excluding carboxylic acids is 1. The molecule has 1 saturated carbocycles. The van der Waals surface area contributed by atoms with E-state index in [1.165, 1.54) is 25.7 Å². The summed E-state index contributed by atoms with van der Waals surface area (Å²) in [5.74, 6) is 0.739. The number of carbonyl (C=O) groups is 1. The Kier molecular flexibility index (Phi) is 7.38. The number of hydrogen-bond acceptors (Lipinski definition) is 2. The SMILES string of the molecule is CCCC(C)(N)C(=O)NCC(C)(C)C1CCCC1.Cl. The first-order chi connectivity index (χ1) is 8.29. The molecule has 1 aliphatic rings. The van der Waals surface area contributed by atoms with Crippen molar-refractivity contribution in [2.24, 2.45) is 17.1 Å². The average molecular weight is 291 g/mol. The molecule has 0 aromatic carbocycles. The van der Waals surface area contributed by atoms with Crippen molar-refractivity contribution in [1.29, 1.82) is 0 Å². The van der Waals surface area contributed by atoms with E-state index < -0.39 is 5.54 Å². The van der Waals surface area contributed by atoms with E-state index in [9.17, 15) is 4.79 Å². The highest BCUT2D eigenvalue weighted by molar-refractivity contribution is 5.85. The fraction of sp³-hybridized carbons (Fsp3) is 0.933. The van der Waals surface area contributed by atoms with E-state index in [0.29, 0.717) is 0 Å². The van der Waals surface area contributed by atoms with Crippen molar-refractivity contribution in [3.05, 3.63) is 0 Å². The van der Waals surface area contributed by atoms with E-state index in [2.05, 4.69) is 26.1 Å². The molecule has 1 aliphatic carbocycles. The maximum atomic E-state index is 12.1. The molecule has 1 amide bonds. The van der Waals surface area contributed by atoms with Crippen molar-refractivity contribution >= 4 is 18.3 Å². The van der Waals surface area contributed by atoms with Crippen LogP contribution in [0.25, 0.3) is 0 Å². The van der Waals surface area contributed by atoms with Gasteiger partial charge in [-0.1, -0.05) is 40.0 Å². The first kappa shape index (κ1) is 18.7. The van der Waals surface area contributed by atoms with Crippen molar-refractivity contribution in [3.63, 3.8) is 0 Å². The lowest BCUT2D eigenvalue weighted by Crippen LogP contribution is -2.53. The number of halogens is 1. The molecule has 114 valence electrons. The Balaban J connectivity index is 0.00000324. The van der Waals surface area contributed by atoms with Gasteiger partial charge in [0.2, 0.25) is 5.91 Å². The van der Waals surface area contributed by atoms with Crippen LogP contribution in [-0.2, 0) is 4.79 Å². The zero-order valence-corrected chi connectivity index (χ0v) is 13.7. The van der Waals surface area contributed by atoms with Gasteiger partial charge < -0.3 is 11.1 Å². The van der Waals surface area contributed by atoms with Gasteiger partial charge in [0.1, 0.15) is 0 Å². The van der Waals surface area contributed by atoms with Crippen LogP contribution in [0.2, 0.25) is 0 Å². The predicted octanol–water partition coefficient (Wildman–Crippen LogP) is 3.26. The minimum Gasteiger partial charge on any atom is -0.354 e. The van der Waals surface area contributed by atoms with Crippen molar-refractivity contribution in [2.45, 2.75) is 71.8 Å². The smallest absolute Gasteiger partial charge is 0.239 e. The minimum atomic E-state index is -0.722. The van der Waals surface area contributed by atoms with Crippen molar-refractivity contribution in [3.8, 4) is 0 Å². The van der Waals surface area contributed by atoms with Gasteiger partial charge in [0.15, 0.2) is 0 Å². The number of hydrogen-bond donors (Lipinski definition) is 2. The lowest BCUT2D eigenvalue weighted by molar-refractivity contribution is -0.126. The molecular formula is C15H31ClN2O. The standard InChI is InChI=1S/C15H30N2O.ClH/c1-5-10-15(4,16)13(18)17-11-14(2,3)12-8-6-7-9-12;/h12H,5-11,16H2,1-4H3,(H,17,18);1H. The molecule has 0 radical (unpaired) electrons. The number of nitrogens with one attached hydrogen (secondary N) is 1. The summed E-state index contributed by atoms with van der Waals surface area (Å²) >= 11 is 0. The number of nitrogens with two attached hydrogens (primary N) is 1. The molecule has 0 heterocycles. The van der Waals surface area contributed by atoms with Crippen LogP contribution in [0.3, 0.4) is 0 Å². The molecule has 4 heteroatoms. The third-order valence-corrected chi connectivity index (χ3v) is 4.45. The van der Waals surface area contributed by atoms with E-state index in [1.54, 1.807) is 0 Å². The van der Waals surface area contributed by atoms with Gasteiger partial charge in [0, 0.05) is 6.54 Å². The number of amides is 1. The van der Waals surface area contributed by atoms with Gasteiger partial charge in [-0.25, -0.2) is 0 Å². The fourth-order valence-corrected chi connectivity index (χ4v) is 2.99. The Morgan fingerprint density at radius 2 is 1.79 bits per heavy atom. The summed E-state index contributed by atoms with van der Waals surface area (Å²) in [5, 5.41) is 3.06. The molecule has 19 heavy (non-hydrogen) atoms. The highest BCUT2D eigenvalue weighted by Crippen LogP contribution is 2.39. The zero-order chi connectivity index (χ0) is 13.8. The molecule has 0 aromatic rings. The highest BCUT2D eigenvalue weighted by Gasteiger charge is 2.34. The van der Waals surface area contributed by atoms with E-state index in [4.69, 9.17) is 5.73 Å². The maximum Gasteiger partial charge on any atom is 0.239 e. The topological polar surface area (TPSA) is 55.1 Å². The third-order valence-electron chi connectivity index (χ3n) is 4.45. The van der Waals surface area contributed by atoms with Crippen LogP contribution in [0, 0.1) is 11.3 Å². The maximum absolute atomic E-state index is 12.1. The molecule has 0 aliphatic heterocycles. The first-order valence-electron chi connectivity index (χ1n) is 7.37. The summed E-state index contributed by atoms with van der Waals surface area (Å²) in [5.41, 5.74) is 5.51. The van der Waals surface area contributed by atoms with E-state index in [-0.39, 0.29) is 23.7 Å². The summed E-state index contributed by atoms with van der Waals surface area (Å²) in [4.78, 5) is 12.1. The van der Waals surface area contributed by atoms with Gasteiger partial charge in [-0.2, -0.15) is 0 Å². The van der Waals surface area contributed by atoms with Gasteiger partial charge in [-0.3, -0.25) is 4.79 Å². The van der Waals surface area contributed by atoms with E-state index in [0.717, 1.165) is 25.3 Å². The fourth-order valence-electron chi connectivity index (χ4n) is 2.99. The van der Waals surface area contributed by atoms with Crippen LogP contribution < -0.4 is 11.1 Å². The molecule has 1 rings (SSSR count). The largest absolute Gasteiger partial charge is 0.354 e. The van der Waals surface area contributed by atoms with Crippen LogP contribution in [-0.4, -0.2) is 18.0 Å². The molecule has 0 bridgehead atoms. The Bertz CT molecular complexity index is 284. The molecule has 0 saturated heterocycles. The number of rotatable bonds is 6. The summed E-state index contributed by atoms with van der Waals surface area (Å²) in [7, 11) is 0. The zero-order valence-electron chi connectivity index (χ0n) is 12.9. The normalized spacial score (nSPS) is 19.6. The minimum absolute atomic E-state index is 0. The summed E-state index contributed by atoms with van der Waals surface area (Å²) in [6.45, 7) is 9.15. The van der Waals surface area contributed by atoms with Gasteiger partial charge >= 0.3 is 0 Å². The van der Waals surface area contributed by atoms with E-state index in [1.807, 2.05) is 6.92 Å². The Labute approximate surface area is 124 Å². The van der Waals surface area contributed by atoms with Gasteiger partial charge in [0.25, 0.3) is 0 Å². The quantitative estimate of drug-likeness (QED) is 0.789. The summed E-state index contributed by atoms with van der Waals surface area (Å²) < 4.78 is 0.